The minimum absolute atomic E-state index is 0.0121. The second-order valence-electron chi connectivity index (χ2n) is 7.21. The second-order valence-corrected chi connectivity index (χ2v) is 7.21. The van der Waals surface area contributed by atoms with Crippen LogP contribution in [0.3, 0.4) is 0 Å². The molecular weight excluding hydrogens is 324 g/mol. The highest BCUT2D eigenvalue weighted by Gasteiger charge is 2.17. The van der Waals surface area contributed by atoms with Crippen LogP contribution in [-0.4, -0.2) is 28.8 Å². The van der Waals surface area contributed by atoms with Crippen molar-refractivity contribution in [1.29, 1.82) is 0 Å². The van der Waals surface area contributed by atoms with Gasteiger partial charge in [-0.05, 0) is 55.8 Å². The molecule has 1 amide bonds. The minimum atomic E-state index is 0.0121. The third kappa shape index (κ3) is 4.33. The first kappa shape index (κ1) is 18.6. The van der Waals surface area contributed by atoms with Crippen molar-refractivity contribution in [3.05, 3.63) is 46.6 Å². The largest absolute Gasteiger partial charge is 0.316 e. The number of hydrogen-bond acceptors (Lipinski definition) is 3. The van der Waals surface area contributed by atoms with Crippen molar-refractivity contribution in [2.45, 2.75) is 46.0 Å². The van der Waals surface area contributed by atoms with E-state index < -0.39 is 0 Å². The number of anilines is 1. The number of nitrogens with zero attached hydrogens (tertiary/aromatic N) is 2. The lowest BCUT2D eigenvalue weighted by molar-refractivity contribution is -0.115. The summed E-state index contributed by atoms with van der Waals surface area (Å²) in [7, 11) is 1.89. The van der Waals surface area contributed by atoms with E-state index in [-0.39, 0.29) is 5.91 Å². The fourth-order valence-electron chi connectivity index (χ4n) is 3.81. The Kier molecular flexibility index (Phi) is 6.09. The molecule has 0 bridgehead atoms. The van der Waals surface area contributed by atoms with E-state index in [2.05, 4.69) is 53.8 Å². The number of hydrogen-bond donors (Lipinski definition) is 2. The van der Waals surface area contributed by atoms with Crippen LogP contribution in [0.2, 0.25) is 0 Å². The second kappa shape index (κ2) is 8.49. The van der Waals surface area contributed by atoms with E-state index in [0.717, 1.165) is 60.9 Å². The van der Waals surface area contributed by atoms with Crippen molar-refractivity contribution in [3.63, 3.8) is 0 Å². The molecule has 1 fully saturated rings. The van der Waals surface area contributed by atoms with Crippen LogP contribution in [0.4, 0.5) is 5.82 Å². The van der Waals surface area contributed by atoms with Gasteiger partial charge in [-0.3, -0.25) is 9.48 Å². The first-order valence-corrected chi connectivity index (χ1v) is 9.73. The summed E-state index contributed by atoms with van der Waals surface area (Å²) in [6, 6.07) is 8.49. The van der Waals surface area contributed by atoms with Crippen LogP contribution < -0.4 is 10.6 Å². The van der Waals surface area contributed by atoms with Gasteiger partial charge in [0.1, 0.15) is 5.82 Å². The van der Waals surface area contributed by atoms with Gasteiger partial charge in [0.15, 0.2) is 0 Å². The summed E-state index contributed by atoms with van der Waals surface area (Å²) in [6.45, 7) is 6.45. The van der Waals surface area contributed by atoms with Crippen molar-refractivity contribution in [2.24, 2.45) is 13.0 Å². The summed E-state index contributed by atoms with van der Waals surface area (Å²) in [6.07, 6.45) is 4.52. The van der Waals surface area contributed by atoms with Gasteiger partial charge in [0.2, 0.25) is 5.91 Å². The molecule has 5 nitrogen and oxygen atoms in total. The lowest BCUT2D eigenvalue weighted by Crippen LogP contribution is -2.17. The maximum Gasteiger partial charge on any atom is 0.229 e. The number of rotatable bonds is 7. The Morgan fingerprint density at radius 2 is 1.96 bits per heavy atom. The van der Waals surface area contributed by atoms with E-state index in [1.807, 2.05) is 7.05 Å². The van der Waals surface area contributed by atoms with Gasteiger partial charge in [0, 0.05) is 12.6 Å². The molecule has 140 valence electrons. The van der Waals surface area contributed by atoms with Crippen molar-refractivity contribution in [3.8, 4) is 0 Å². The number of benzene rings is 1. The molecule has 2 N–H and O–H groups in total. The third-order valence-electron chi connectivity index (χ3n) is 5.25. The lowest BCUT2D eigenvalue weighted by atomic mass is 9.97. The summed E-state index contributed by atoms with van der Waals surface area (Å²) in [5, 5.41) is 11.0. The minimum Gasteiger partial charge on any atom is -0.316 e. The SMILES string of the molecule is CCc1nn(C)c(NC(=O)Cc2ccc(CC3CCNC3)cc2)c1CC. The first-order chi connectivity index (χ1) is 12.6. The summed E-state index contributed by atoms with van der Waals surface area (Å²) in [5.41, 5.74) is 4.61. The van der Waals surface area contributed by atoms with Crippen LogP contribution in [0, 0.1) is 5.92 Å². The van der Waals surface area contributed by atoms with E-state index in [1.54, 1.807) is 4.68 Å². The van der Waals surface area contributed by atoms with E-state index in [4.69, 9.17) is 0 Å². The Bertz CT molecular complexity index is 742. The highest BCUT2D eigenvalue weighted by atomic mass is 16.1. The molecular formula is C21H30N4O. The van der Waals surface area contributed by atoms with Crippen LogP contribution in [0.15, 0.2) is 24.3 Å². The molecule has 2 heterocycles. The summed E-state index contributed by atoms with van der Waals surface area (Å²) in [4.78, 5) is 12.5. The van der Waals surface area contributed by atoms with Crippen LogP contribution in [0.25, 0.3) is 0 Å². The predicted octanol–water partition coefficient (Wildman–Crippen LogP) is 2.88. The first-order valence-electron chi connectivity index (χ1n) is 9.73. The molecule has 1 aromatic carbocycles. The smallest absolute Gasteiger partial charge is 0.229 e. The summed E-state index contributed by atoms with van der Waals surface area (Å²) < 4.78 is 1.79. The Hall–Kier alpha value is -2.14. The number of carbonyl (C=O) groups excluding carboxylic acids is 1. The zero-order valence-corrected chi connectivity index (χ0v) is 16.1. The van der Waals surface area contributed by atoms with Crippen molar-refractivity contribution < 1.29 is 4.79 Å². The van der Waals surface area contributed by atoms with Crippen LogP contribution in [0.1, 0.15) is 42.7 Å². The maximum atomic E-state index is 12.5. The third-order valence-corrected chi connectivity index (χ3v) is 5.25. The van der Waals surface area contributed by atoms with Crippen LogP contribution in [-0.2, 0) is 37.5 Å². The standard InChI is InChI=1S/C21H30N4O/c1-4-18-19(5-2)24-25(3)21(18)23-20(26)13-16-8-6-15(7-9-16)12-17-10-11-22-14-17/h6-9,17,22H,4-5,10-14H2,1-3H3,(H,23,26). The van der Waals surface area contributed by atoms with Crippen molar-refractivity contribution in [2.75, 3.05) is 18.4 Å². The van der Waals surface area contributed by atoms with Gasteiger partial charge >= 0.3 is 0 Å². The molecule has 1 saturated heterocycles. The van der Waals surface area contributed by atoms with Gasteiger partial charge in [0.05, 0.1) is 12.1 Å². The molecule has 0 radical (unpaired) electrons. The zero-order valence-electron chi connectivity index (χ0n) is 16.1. The maximum absolute atomic E-state index is 12.5. The Labute approximate surface area is 156 Å². The molecule has 0 aliphatic carbocycles. The van der Waals surface area contributed by atoms with Crippen LogP contribution >= 0.6 is 0 Å². The molecule has 0 spiro atoms. The molecule has 2 aromatic rings. The molecule has 0 saturated carbocycles. The fraction of sp³-hybridized carbons (Fsp3) is 0.524. The quantitative estimate of drug-likeness (QED) is 0.804. The molecule has 1 atom stereocenters. The van der Waals surface area contributed by atoms with Gasteiger partial charge in [0.25, 0.3) is 0 Å². The normalized spacial score (nSPS) is 16.8. The highest BCUT2D eigenvalue weighted by molar-refractivity contribution is 5.92. The Morgan fingerprint density at radius 3 is 2.58 bits per heavy atom. The monoisotopic (exact) mass is 354 g/mol. The summed E-state index contributed by atoms with van der Waals surface area (Å²) in [5.74, 6) is 1.59. The molecule has 1 aliphatic heterocycles. The average Bonchev–Trinajstić information content (AvgIpc) is 3.24. The lowest BCUT2D eigenvalue weighted by Gasteiger charge is -2.10. The molecule has 1 aliphatic rings. The van der Waals surface area contributed by atoms with Crippen molar-refractivity contribution >= 4 is 11.7 Å². The number of aryl methyl sites for hydroxylation is 2. The van der Waals surface area contributed by atoms with E-state index in [1.165, 1.54) is 12.0 Å². The van der Waals surface area contributed by atoms with Gasteiger partial charge in [-0.25, -0.2) is 0 Å². The Morgan fingerprint density at radius 1 is 1.23 bits per heavy atom. The highest BCUT2D eigenvalue weighted by Crippen LogP contribution is 2.21. The van der Waals surface area contributed by atoms with Gasteiger partial charge in [-0.2, -0.15) is 5.10 Å². The van der Waals surface area contributed by atoms with Crippen molar-refractivity contribution in [1.82, 2.24) is 15.1 Å². The number of amides is 1. The fourth-order valence-corrected chi connectivity index (χ4v) is 3.81. The molecule has 26 heavy (non-hydrogen) atoms. The predicted molar refractivity (Wildman–Crippen MR) is 105 cm³/mol. The van der Waals surface area contributed by atoms with E-state index >= 15 is 0 Å². The number of carbonyl (C=O) groups is 1. The molecule has 1 aromatic heterocycles. The molecule has 5 heteroatoms. The van der Waals surface area contributed by atoms with Crippen LogP contribution in [0.5, 0.6) is 0 Å². The van der Waals surface area contributed by atoms with E-state index in [0.29, 0.717) is 6.42 Å². The molecule has 3 rings (SSSR count). The van der Waals surface area contributed by atoms with Gasteiger partial charge < -0.3 is 10.6 Å². The van der Waals surface area contributed by atoms with Gasteiger partial charge in [-0.15, -0.1) is 0 Å². The molecule has 1 unspecified atom stereocenters. The number of nitrogens with one attached hydrogen (secondary N) is 2. The average molecular weight is 354 g/mol. The summed E-state index contributed by atoms with van der Waals surface area (Å²) >= 11 is 0. The van der Waals surface area contributed by atoms with E-state index in [9.17, 15) is 4.79 Å². The zero-order chi connectivity index (χ0) is 18.5. The Balaban J connectivity index is 1.60. The van der Waals surface area contributed by atoms with Gasteiger partial charge in [-0.1, -0.05) is 38.1 Å². The number of aromatic nitrogens is 2. The topological polar surface area (TPSA) is 59.0 Å².